The van der Waals surface area contributed by atoms with Crippen molar-refractivity contribution in [2.75, 3.05) is 19.4 Å². The van der Waals surface area contributed by atoms with Crippen LogP contribution in [0.5, 0.6) is 0 Å². The minimum absolute atomic E-state index is 0.124. The van der Waals surface area contributed by atoms with Crippen LogP contribution in [-0.4, -0.2) is 42.2 Å². The SMILES string of the molecule is Cc1ccc2c(c1)NC(=O)[C@@]21C[C@@H](C2=CN(C)N(C)N2)N[C@@H](C)C1. The van der Waals surface area contributed by atoms with Gasteiger partial charge in [-0.15, -0.1) is 5.12 Å². The molecular weight excluding hydrogens is 302 g/mol. The maximum absolute atomic E-state index is 13.0. The highest BCUT2D eigenvalue weighted by atomic mass is 16.2. The van der Waals surface area contributed by atoms with Crippen molar-refractivity contribution in [2.45, 2.75) is 44.2 Å². The Morgan fingerprint density at radius 2 is 2.04 bits per heavy atom. The van der Waals surface area contributed by atoms with E-state index in [2.05, 4.69) is 54.3 Å². The van der Waals surface area contributed by atoms with Crippen LogP contribution in [0, 0.1) is 6.92 Å². The van der Waals surface area contributed by atoms with Crippen molar-refractivity contribution >= 4 is 11.6 Å². The summed E-state index contributed by atoms with van der Waals surface area (Å²) < 4.78 is 0. The minimum Gasteiger partial charge on any atom is -0.325 e. The predicted molar refractivity (Wildman–Crippen MR) is 93.9 cm³/mol. The summed E-state index contributed by atoms with van der Waals surface area (Å²) >= 11 is 0. The lowest BCUT2D eigenvalue weighted by Gasteiger charge is -2.41. The first-order valence-corrected chi connectivity index (χ1v) is 8.52. The maximum Gasteiger partial charge on any atom is 0.235 e. The van der Waals surface area contributed by atoms with Crippen molar-refractivity contribution in [3.63, 3.8) is 0 Å². The summed E-state index contributed by atoms with van der Waals surface area (Å²) in [6.45, 7) is 4.22. The van der Waals surface area contributed by atoms with Crippen LogP contribution in [0.3, 0.4) is 0 Å². The van der Waals surface area contributed by atoms with Crippen LogP contribution in [0.25, 0.3) is 0 Å². The summed E-state index contributed by atoms with van der Waals surface area (Å²) in [4.78, 5) is 13.0. The quantitative estimate of drug-likeness (QED) is 0.729. The van der Waals surface area contributed by atoms with E-state index >= 15 is 0 Å². The fourth-order valence-corrected chi connectivity index (χ4v) is 4.31. The van der Waals surface area contributed by atoms with E-state index < -0.39 is 5.41 Å². The number of benzene rings is 1. The van der Waals surface area contributed by atoms with Gasteiger partial charge in [-0.05, 0) is 43.9 Å². The Morgan fingerprint density at radius 1 is 1.25 bits per heavy atom. The van der Waals surface area contributed by atoms with E-state index in [1.54, 1.807) is 0 Å². The number of nitrogens with zero attached hydrogens (tertiary/aromatic N) is 2. The highest BCUT2D eigenvalue weighted by Gasteiger charge is 2.52. The second kappa shape index (κ2) is 5.22. The number of aryl methyl sites for hydroxylation is 1. The van der Waals surface area contributed by atoms with E-state index in [4.69, 9.17) is 0 Å². The number of carbonyl (C=O) groups excluding carboxylic acids is 1. The van der Waals surface area contributed by atoms with Gasteiger partial charge in [0.1, 0.15) is 0 Å². The molecule has 128 valence electrons. The third-order valence-corrected chi connectivity index (χ3v) is 5.53. The van der Waals surface area contributed by atoms with Gasteiger partial charge in [0, 0.05) is 32.0 Å². The van der Waals surface area contributed by atoms with Gasteiger partial charge in [-0.1, -0.05) is 12.1 Å². The Kier molecular flexibility index (Phi) is 3.37. The Labute approximate surface area is 142 Å². The fourth-order valence-electron chi connectivity index (χ4n) is 4.31. The molecule has 6 nitrogen and oxygen atoms in total. The maximum atomic E-state index is 13.0. The van der Waals surface area contributed by atoms with Gasteiger partial charge in [0.05, 0.1) is 17.2 Å². The first-order valence-electron chi connectivity index (χ1n) is 8.52. The normalized spacial score (nSPS) is 32.6. The standard InChI is InChI=1S/C18H25N5O/c1-11-5-6-13-14(7-11)20-17(24)18(13)8-12(2)19-15(9-18)16-10-22(3)23(4)21-16/h5-7,10,12,15,19,21H,8-9H2,1-4H3,(H,20,24)/t12-,15-,18-/m0/s1. The highest BCUT2D eigenvalue weighted by Crippen LogP contribution is 2.47. The van der Waals surface area contributed by atoms with Crippen molar-refractivity contribution in [3.05, 3.63) is 41.2 Å². The van der Waals surface area contributed by atoms with Crippen LogP contribution in [-0.2, 0) is 10.2 Å². The molecule has 0 aliphatic carbocycles. The summed E-state index contributed by atoms with van der Waals surface area (Å²) in [5.41, 5.74) is 7.35. The second-order valence-corrected chi connectivity index (χ2v) is 7.41. The molecule has 24 heavy (non-hydrogen) atoms. The first kappa shape index (κ1) is 15.5. The topological polar surface area (TPSA) is 59.6 Å². The lowest BCUT2D eigenvalue weighted by atomic mass is 9.69. The summed E-state index contributed by atoms with van der Waals surface area (Å²) in [5.74, 6) is 0.141. The monoisotopic (exact) mass is 327 g/mol. The van der Waals surface area contributed by atoms with Crippen LogP contribution < -0.4 is 16.1 Å². The summed E-state index contributed by atoms with van der Waals surface area (Å²) in [6.07, 6.45) is 3.68. The van der Waals surface area contributed by atoms with Crippen molar-refractivity contribution in [1.29, 1.82) is 0 Å². The number of anilines is 1. The third-order valence-electron chi connectivity index (χ3n) is 5.53. The number of rotatable bonds is 1. The molecule has 1 fully saturated rings. The molecule has 0 unspecified atom stereocenters. The average Bonchev–Trinajstić information content (AvgIpc) is 2.97. The molecular formula is C18H25N5O. The molecule has 1 amide bonds. The van der Waals surface area contributed by atoms with Gasteiger partial charge in [-0.25, -0.2) is 0 Å². The molecule has 3 aliphatic heterocycles. The summed E-state index contributed by atoms with van der Waals surface area (Å²) in [5, 5.41) is 10.7. The van der Waals surface area contributed by atoms with Crippen molar-refractivity contribution < 1.29 is 4.79 Å². The van der Waals surface area contributed by atoms with Crippen molar-refractivity contribution in [1.82, 2.24) is 20.9 Å². The Balaban J connectivity index is 1.71. The number of piperidine rings is 1. The number of hydrogen-bond donors (Lipinski definition) is 3. The van der Waals surface area contributed by atoms with E-state index in [1.165, 1.54) is 5.56 Å². The molecule has 0 saturated carbocycles. The lowest BCUT2D eigenvalue weighted by Crippen LogP contribution is -2.55. The Bertz CT molecular complexity index is 730. The zero-order valence-electron chi connectivity index (χ0n) is 14.7. The van der Waals surface area contributed by atoms with Crippen LogP contribution in [0.1, 0.15) is 30.9 Å². The van der Waals surface area contributed by atoms with Crippen LogP contribution >= 0.6 is 0 Å². The van der Waals surface area contributed by atoms with Crippen LogP contribution in [0.4, 0.5) is 5.69 Å². The summed E-state index contributed by atoms with van der Waals surface area (Å²) in [6, 6.07) is 6.71. The largest absolute Gasteiger partial charge is 0.325 e. The van der Waals surface area contributed by atoms with E-state index in [-0.39, 0.29) is 18.0 Å². The molecule has 0 radical (unpaired) electrons. The van der Waals surface area contributed by atoms with Gasteiger partial charge >= 0.3 is 0 Å². The molecule has 1 aromatic carbocycles. The molecule has 1 aromatic rings. The lowest BCUT2D eigenvalue weighted by molar-refractivity contribution is -0.122. The van der Waals surface area contributed by atoms with Crippen LogP contribution in [0.15, 0.2) is 30.1 Å². The number of amides is 1. The number of fused-ring (bicyclic) bond motifs is 2. The molecule has 6 heteroatoms. The summed E-state index contributed by atoms with van der Waals surface area (Å²) in [7, 11) is 3.98. The number of hydrogen-bond acceptors (Lipinski definition) is 5. The van der Waals surface area contributed by atoms with Crippen molar-refractivity contribution in [3.8, 4) is 0 Å². The van der Waals surface area contributed by atoms with E-state index in [0.717, 1.165) is 29.8 Å². The van der Waals surface area contributed by atoms with Crippen LogP contribution in [0.2, 0.25) is 0 Å². The van der Waals surface area contributed by atoms with Crippen molar-refractivity contribution in [2.24, 2.45) is 0 Å². The molecule has 3 atom stereocenters. The van der Waals surface area contributed by atoms with E-state index in [0.29, 0.717) is 0 Å². The zero-order chi connectivity index (χ0) is 17.1. The molecule has 3 heterocycles. The molecule has 1 spiro atoms. The Hall–Kier alpha value is -2.05. The molecule has 4 rings (SSSR count). The molecule has 0 aromatic heterocycles. The van der Waals surface area contributed by atoms with Gasteiger partial charge in [0.15, 0.2) is 0 Å². The smallest absolute Gasteiger partial charge is 0.235 e. The van der Waals surface area contributed by atoms with Gasteiger partial charge < -0.3 is 16.1 Å². The fraction of sp³-hybridized carbons (Fsp3) is 0.500. The highest BCUT2D eigenvalue weighted by molar-refractivity contribution is 6.06. The molecule has 3 N–H and O–H groups in total. The number of carbonyl (C=O) groups is 1. The first-order chi connectivity index (χ1) is 11.4. The molecule has 3 aliphatic rings. The third kappa shape index (κ3) is 2.21. The van der Waals surface area contributed by atoms with Gasteiger partial charge in [0.25, 0.3) is 0 Å². The number of nitrogens with one attached hydrogen (secondary N) is 3. The molecule has 1 saturated heterocycles. The minimum atomic E-state index is -0.444. The number of hydrazine groups is 2. The zero-order valence-corrected chi connectivity index (χ0v) is 14.7. The molecule has 0 bridgehead atoms. The average molecular weight is 327 g/mol. The van der Waals surface area contributed by atoms with Gasteiger partial charge in [-0.3, -0.25) is 9.80 Å². The van der Waals surface area contributed by atoms with Gasteiger partial charge in [-0.2, -0.15) is 0 Å². The van der Waals surface area contributed by atoms with Gasteiger partial charge in [0.2, 0.25) is 5.91 Å². The van der Waals surface area contributed by atoms with E-state index in [9.17, 15) is 4.79 Å². The predicted octanol–water partition coefficient (Wildman–Crippen LogP) is 1.46. The second-order valence-electron chi connectivity index (χ2n) is 7.41. The van der Waals surface area contributed by atoms with E-state index in [1.807, 2.05) is 24.2 Å². The Morgan fingerprint density at radius 3 is 2.75 bits per heavy atom.